The van der Waals surface area contributed by atoms with E-state index in [1.54, 1.807) is 17.0 Å². The Kier molecular flexibility index (Phi) is 5.64. The number of likely N-dealkylation sites (N-methyl/N-ethyl adjacent to an activating group) is 1. The third-order valence-electron chi connectivity index (χ3n) is 4.77. The minimum Gasteiger partial charge on any atom is -0.338 e. The molecule has 3 aromatic rings. The van der Waals surface area contributed by atoms with Crippen molar-refractivity contribution in [3.63, 3.8) is 0 Å². The molecule has 3 aromatic carbocycles. The highest BCUT2D eigenvalue weighted by molar-refractivity contribution is 6.07. The number of nitrogens with zero attached hydrogens (tertiary/aromatic N) is 1. The van der Waals surface area contributed by atoms with Crippen molar-refractivity contribution in [2.45, 2.75) is 18.9 Å². The standard InChI is InChI=1S/C22H23FN2O/c1-25(19(13-14-24)15-16-9-11-18(23)12-10-16)22(26)21-8-4-6-17-5-2-3-7-20(17)21/h2-12,19H,13-15,24H2,1H3. The lowest BCUT2D eigenvalue weighted by molar-refractivity contribution is 0.0727. The van der Waals surface area contributed by atoms with Crippen molar-refractivity contribution in [3.8, 4) is 0 Å². The van der Waals surface area contributed by atoms with Gasteiger partial charge in [-0.25, -0.2) is 4.39 Å². The third-order valence-corrected chi connectivity index (χ3v) is 4.77. The van der Waals surface area contributed by atoms with Crippen LogP contribution in [0, 0.1) is 5.82 Å². The van der Waals surface area contributed by atoms with Gasteiger partial charge in [0.2, 0.25) is 0 Å². The molecule has 3 nitrogen and oxygen atoms in total. The molecule has 0 heterocycles. The number of benzene rings is 3. The molecule has 134 valence electrons. The van der Waals surface area contributed by atoms with Crippen molar-refractivity contribution in [1.29, 1.82) is 0 Å². The average Bonchev–Trinajstić information content (AvgIpc) is 2.67. The second kappa shape index (κ2) is 8.11. The molecule has 4 heteroatoms. The molecule has 0 aliphatic carbocycles. The molecule has 2 N–H and O–H groups in total. The average molecular weight is 350 g/mol. The van der Waals surface area contributed by atoms with Gasteiger partial charge in [-0.15, -0.1) is 0 Å². The Hall–Kier alpha value is -2.72. The molecule has 0 spiro atoms. The van der Waals surface area contributed by atoms with Crippen LogP contribution in [-0.2, 0) is 6.42 Å². The fourth-order valence-corrected chi connectivity index (χ4v) is 3.29. The molecule has 0 aliphatic rings. The highest BCUT2D eigenvalue weighted by Gasteiger charge is 2.22. The maximum atomic E-state index is 13.1. The Morgan fingerprint density at radius 3 is 2.46 bits per heavy atom. The number of carbonyl (C=O) groups is 1. The smallest absolute Gasteiger partial charge is 0.254 e. The maximum absolute atomic E-state index is 13.1. The van der Waals surface area contributed by atoms with Crippen LogP contribution in [0.3, 0.4) is 0 Å². The summed E-state index contributed by atoms with van der Waals surface area (Å²) in [6.07, 6.45) is 1.33. The van der Waals surface area contributed by atoms with E-state index in [4.69, 9.17) is 5.73 Å². The van der Waals surface area contributed by atoms with Gasteiger partial charge in [0.15, 0.2) is 0 Å². The molecule has 0 radical (unpaired) electrons. The van der Waals surface area contributed by atoms with E-state index in [0.29, 0.717) is 24.9 Å². The van der Waals surface area contributed by atoms with Gasteiger partial charge in [0.05, 0.1) is 0 Å². The molecule has 0 bridgehead atoms. The van der Waals surface area contributed by atoms with Gasteiger partial charge in [-0.05, 0) is 53.9 Å². The summed E-state index contributed by atoms with van der Waals surface area (Å²) in [7, 11) is 1.81. The van der Waals surface area contributed by atoms with Gasteiger partial charge in [0.25, 0.3) is 5.91 Å². The summed E-state index contributed by atoms with van der Waals surface area (Å²) < 4.78 is 13.1. The fraction of sp³-hybridized carbons (Fsp3) is 0.227. The Morgan fingerprint density at radius 2 is 1.73 bits per heavy atom. The number of amides is 1. The number of nitrogens with two attached hydrogens (primary N) is 1. The molecule has 1 atom stereocenters. The molecule has 0 aliphatic heterocycles. The topological polar surface area (TPSA) is 46.3 Å². The van der Waals surface area contributed by atoms with Crippen LogP contribution >= 0.6 is 0 Å². The summed E-state index contributed by atoms with van der Waals surface area (Å²) in [5.74, 6) is -0.285. The highest BCUT2D eigenvalue weighted by atomic mass is 19.1. The van der Waals surface area contributed by atoms with E-state index >= 15 is 0 Å². The summed E-state index contributed by atoms with van der Waals surface area (Å²) in [5.41, 5.74) is 7.45. The Bertz CT molecular complexity index is 887. The van der Waals surface area contributed by atoms with E-state index in [1.807, 2.05) is 49.5 Å². The van der Waals surface area contributed by atoms with Crippen molar-refractivity contribution >= 4 is 16.7 Å². The van der Waals surface area contributed by atoms with Crippen molar-refractivity contribution in [1.82, 2.24) is 4.90 Å². The van der Waals surface area contributed by atoms with Gasteiger partial charge in [0.1, 0.15) is 5.82 Å². The monoisotopic (exact) mass is 350 g/mol. The Morgan fingerprint density at radius 1 is 1.04 bits per heavy atom. The lowest BCUT2D eigenvalue weighted by atomic mass is 9.99. The summed E-state index contributed by atoms with van der Waals surface area (Å²) >= 11 is 0. The zero-order valence-corrected chi connectivity index (χ0v) is 14.9. The van der Waals surface area contributed by atoms with Crippen molar-refractivity contribution in [2.24, 2.45) is 5.73 Å². The molecule has 3 rings (SSSR count). The van der Waals surface area contributed by atoms with E-state index in [2.05, 4.69) is 0 Å². The van der Waals surface area contributed by atoms with Crippen LogP contribution in [-0.4, -0.2) is 30.4 Å². The first-order valence-electron chi connectivity index (χ1n) is 8.79. The maximum Gasteiger partial charge on any atom is 0.254 e. The van der Waals surface area contributed by atoms with Gasteiger partial charge in [-0.3, -0.25) is 4.79 Å². The van der Waals surface area contributed by atoms with Gasteiger partial charge in [-0.2, -0.15) is 0 Å². The normalized spacial score (nSPS) is 12.1. The van der Waals surface area contributed by atoms with E-state index in [-0.39, 0.29) is 17.8 Å². The van der Waals surface area contributed by atoms with Crippen LogP contribution < -0.4 is 5.73 Å². The van der Waals surface area contributed by atoms with Gasteiger partial charge in [0, 0.05) is 18.7 Å². The molecular formula is C22H23FN2O. The minimum absolute atomic E-state index is 0.0256. The lowest BCUT2D eigenvalue weighted by Gasteiger charge is -2.29. The van der Waals surface area contributed by atoms with Crippen molar-refractivity contribution in [3.05, 3.63) is 83.7 Å². The van der Waals surface area contributed by atoms with Crippen LogP contribution in [0.2, 0.25) is 0 Å². The summed E-state index contributed by atoms with van der Waals surface area (Å²) in [5, 5.41) is 1.99. The summed E-state index contributed by atoms with van der Waals surface area (Å²) in [6.45, 7) is 0.485. The van der Waals surface area contributed by atoms with Crippen LogP contribution in [0.15, 0.2) is 66.7 Å². The number of fused-ring (bicyclic) bond motifs is 1. The first-order valence-corrected chi connectivity index (χ1v) is 8.79. The van der Waals surface area contributed by atoms with E-state index < -0.39 is 0 Å². The number of carbonyl (C=O) groups excluding carboxylic acids is 1. The first kappa shape index (κ1) is 18.1. The van der Waals surface area contributed by atoms with Crippen LogP contribution in [0.1, 0.15) is 22.3 Å². The quantitative estimate of drug-likeness (QED) is 0.730. The minimum atomic E-state index is -0.260. The predicted molar refractivity (Wildman–Crippen MR) is 104 cm³/mol. The second-order valence-electron chi connectivity index (χ2n) is 6.50. The SMILES string of the molecule is CN(C(=O)c1cccc2ccccc12)C(CCN)Cc1ccc(F)cc1. The number of rotatable bonds is 6. The molecule has 0 saturated carbocycles. The van der Waals surface area contributed by atoms with E-state index in [0.717, 1.165) is 16.3 Å². The van der Waals surface area contributed by atoms with Crippen LogP contribution in [0.5, 0.6) is 0 Å². The van der Waals surface area contributed by atoms with Crippen molar-refractivity contribution < 1.29 is 9.18 Å². The zero-order valence-electron chi connectivity index (χ0n) is 14.9. The lowest BCUT2D eigenvalue weighted by Crippen LogP contribution is -2.40. The number of hydrogen-bond acceptors (Lipinski definition) is 2. The molecule has 0 fully saturated rings. The van der Waals surface area contributed by atoms with Gasteiger partial charge >= 0.3 is 0 Å². The molecule has 0 aromatic heterocycles. The Balaban J connectivity index is 1.86. The predicted octanol–water partition coefficient (Wildman–Crippen LogP) is 4.01. The number of halogens is 1. The second-order valence-corrected chi connectivity index (χ2v) is 6.50. The summed E-state index contributed by atoms with van der Waals surface area (Å²) in [4.78, 5) is 14.9. The van der Waals surface area contributed by atoms with Crippen LogP contribution in [0.25, 0.3) is 10.8 Å². The molecule has 0 saturated heterocycles. The van der Waals surface area contributed by atoms with Gasteiger partial charge < -0.3 is 10.6 Å². The van der Waals surface area contributed by atoms with Gasteiger partial charge in [-0.1, -0.05) is 48.5 Å². The molecule has 1 unspecified atom stereocenters. The molecule has 26 heavy (non-hydrogen) atoms. The largest absolute Gasteiger partial charge is 0.338 e. The van der Waals surface area contributed by atoms with E-state index in [1.165, 1.54) is 12.1 Å². The Labute approximate surface area is 153 Å². The van der Waals surface area contributed by atoms with Crippen molar-refractivity contribution in [2.75, 3.05) is 13.6 Å². The van der Waals surface area contributed by atoms with Crippen LogP contribution in [0.4, 0.5) is 4.39 Å². The van der Waals surface area contributed by atoms with E-state index in [9.17, 15) is 9.18 Å². The fourth-order valence-electron chi connectivity index (χ4n) is 3.29. The highest BCUT2D eigenvalue weighted by Crippen LogP contribution is 2.22. The summed E-state index contributed by atoms with van der Waals surface area (Å²) in [6, 6.07) is 20.0. The third kappa shape index (κ3) is 3.92. The number of hydrogen-bond donors (Lipinski definition) is 1. The molecular weight excluding hydrogens is 327 g/mol. The molecule has 1 amide bonds. The zero-order chi connectivity index (χ0) is 18.5. The first-order chi connectivity index (χ1) is 12.6.